The van der Waals surface area contributed by atoms with E-state index in [2.05, 4.69) is 15.4 Å². The third kappa shape index (κ3) is 6.43. The zero-order chi connectivity index (χ0) is 20.6. The second-order valence-corrected chi connectivity index (χ2v) is 7.78. The molecule has 0 saturated heterocycles. The van der Waals surface area contributed by atoms with Gasteiger partial charge in [-0.1, -0.05) is 19.4 Å². The SMILES string of the molecule is CCCCNS(=O)(=O)c1cccc(NC(=O)CNC(=O)c2ccc(F)cc2)c1. The highest BCUT2D eigenvalue weighted by Gasteiger charge is 2.14. The van der Waals surface area contributed by atoms with Crippen LogP contribution in [0.1, 0.15) is 30.1 Å². The van der Waals surface area contributed by atoms with Gasteiger partial charge < -0.3 is 10.6 Å². The summed E-state index contributed by atoms with van der Waals surface area (Å²) in [4.78, 5) is 24.0. The van der Waals surface area contributed by atoms with Crippen LogP contribution in [0.2, 0.25) is 0 Å². The molecule has 7 nitrogen and oxygen atoms in total. The molecule has 150 valence electrons. The van der Waals surface area contributed by atoms with E-state index >= 15 is 0 Å². The average Bonchev–Trinajstić information content (AvgIpc) is 2.67. The van der Waals surface area contributed by atoms with Gasteiger partial charge in [0.25, 0.3) is 5.91 Å². The first-order valence-electron chi connectivity index (χ1n) is 8.75. The van der Waals surface area contributed by atoms with Crippen molar-refractivity contribution in [3.63, 3.8) is 0 Å². The second kappa shape index (κ2) is 9.95. The Bertz CT molecular complexity index is 930. The Labute approximate surface area is 163 Å². The molecule has 2 amide bonds. The molecule has 0 spiro atoms. The Balaban J connectivity index is 1.93. The summed E-state index contributed by atoms with van der Waals surface area (Å²) in [6.07, 6.45) is 1.59. The number of rotatable bonds is 9. The van der Waals surface area contributed by atoms with E-state index in [-0.39, 0.29) is 17.0 Å². The Hall–Kier alpha value is -2.78. The van der Waals surface area contributed by atoms with Crippen LogP contribution in [0.15, 0.2) is 53.4 Å². The van der Waals surface area contributed by atoms with Crippen molar-refractivity contribution in [2.45, 2.75) is 24.7 Å². The lowest BCUT2D eigenvalue weighted by molar-refractivity contribution is -0.115. The molecule has 0 radical (unpaired) electrons. The van der Waals surface area contributed by atoms with E-state index in [1.165, 1.54) is 30.3 Å². The molecule has 0 fully saturated rings. The fourth-order valence-electron chi connectivity index (χ4n) is 2.28. The van der Waals surface area contributed by atoms with Crippen LogP contribution in [-0.4, -0.2) is 33.3 Å². The smallest absolute Gasteiger partial charge is 0.251 e. The van der Waals surface area contributed by atoms with Gasteiger partial charge in [0.2, 0.25) is 15.9 Å². The lowest BCUT2D eigenvalue weighted by Gasteiger charge is -2.10. The van der Waals surface area contributed by atoms with Crippen molar-refractivity contribution >= 4 is 27.5 Å². The van der Waals surface area contributed by atoms with Crippen LogP contribution in [-0.2, 0) is 14.8 Å². The van der Waals surface area contributed by atoms with Crippen molar-refractivity contribution in [3.05, 3.63) is 59.9 Å². The summed E-state index contributed by atoms with van der Waals surface area (Å²) in [5.41, 5.74) is 0.514. The standard InChI is InChI=1S/C19H22FN3O4S/c1-2-3-11-22-28(26,27)17-6-4-5-16(12-17)23-18(24)13-21-19(25)14-7-9-15(20)10-8-14/h4-10,12,22H,2-3,11,13H2,1H3,(H,21,25)(H,23,24). The zero-order valence-corrected chi connectivity index (χ0v) is 16.2. The summed E-state index contributed by atoms with van der Waals surface area (Å²) in [7, 11) is -3.66. The normalized spacial score (nSPS) is 11.1. The Kier molecular flexibility index (Phi) is 7.65. The molecule has 0 aliphatic carbocycles. The largest absolute Gasteiger partial charge is 0.343 e. The van der Waals surface area contributed by atoms with Gasteiger partial charge in [-0.05, 0) is 48.9 Å². The van der Waals surface area contributed by atoms with Crippen LogP contribution in [0.25, 0.3) is 0 Å². The van der Waals surface area contributed by atoms with E-state index in [0.717, 1.165) is 25.0 Å². The van der Waals surface area contributed by atoms with Gasteiger partial charge in [-0.25, -0.2) is 17.5 Å². The molecule has 0 atom stereocenters. The molecule has 2 rings (SSSR count). The van der Waals surface area contributed by atoms with Crippen LogP contribution in [0.5, 0.6) is 0 Å². The van der Waals surface area contributed by atoms with Gasteiger partial charge >= 0.3 is 0 Å². The molecular formula is C19H22FN3O4S. The monoisotopic (exact) mass is 407 g/mol. The molecule has 0 aliphatic heterocycles. The maximum Gasteiger partial charge on any atom is 0.251 e. The third-order valence-electron chi connectivity index (χ3n) is 3.77. The predicted octanol–water partition coefficient (Wildman–Crippen LogP) is 2.27. The summed E-state index contributed by atoms with van der Waals surface area (Å²) in [5.74, 6) is -1.51. The van der Waals surface area contributed by atoms with Crippen LogP contribution in [0, 0.1) is 5.82 Å². The van der Waals surface area contributed by atoms with Crippen molar-refractivity contribution in [1.29, 1.82) is 0 Å². The topological polar surface area (TPSA) is 104 Å². The number of amides is 2. The van der Waals surface area contributed by atoms with Crippen LogP contribution < -0.4 is 15.4 Å². The molecule has 3 N–H and O–H groups in total. The van der Waals surface area contributed by atoms with E-state index in [1.54, 1.807) is 6.07 Å². The van der Waals surface area contributed by atoms with Crippen molar-refractivity contribution in [1.82, 2.24) is 10.0 Å². The van der Waals surface area contributed by atoms with E-state index in [1.807, 2.05) is 6.92 Å². The van der Waals surface area contributed by atoms with Gasteiger partial charge in [0.05, 0.1) is 11.4 Å². The minimum absolute atomic E-state index is 0.0387. The minimum Gasteiger partial charge on any atom is -0.343 e. The number of halogens is 1. The number of unbranched alkanes of at least 4 members (excludes halogenated alkanes) is 1. The number of carbonyl (C=O) groups is 2. The second-order valence-electron chi connectivity index (χ2n) is 6.02. The van der Waals surface area contributed by atoms with Crippen molar-refractivity contribution in [3.8, 4) is 0 Å². The highest BCUT2D eigenvalue weighted by molar-refractivity contribution is 7.89. The highest BCUT2D eigenvalue weighted by Crippen LogP contribution is 2.15. The van der Waals surface area contributed by atoms with E-state index in [9.17, 15) is 22.4 Å². The Morgan fingerprint density at radius 1 is 1.07 bits per heavy atom. The Morgan fingerprint density at radius 3 is 2.46 bits per heavy atom. The predicted molar refractivity (Wildman–Crippen MR) is 104 cm³/mol. The van der Waals surface area contributed by atoms with E-state index in [4.69, 9.17) is 0 Å². The van der Waals surface area contributed by atoms with Gasteiger partial charge in [0, 0.05) is 17.8 Å². The number of benzene rings is 2. The number of hydrogen-bond acceptors (Lipinski definition) is 4. The number of hydrogen-bond donors (Lipinski definition) is 3. The van der Waals surface area contributed by atoms with Crippen LogP contribution >= 0.6 is 0 Å². The Morgan fingerprint density at radius 2 is 1.79 bits per heavy atom. The molecule has 28 heavy (non-hydrogen) atoms. The number of nitrogens with one attached hydrogen (secondary N) is 3. The number of carbonyl (C=O) groups excluding carboxylic acids is 2. The first-order valence-corrected chi connectivity index (χ1v) is 10.2. The molecule has 2 aromatic rings. The molecule has 0 heterocycles. The molecule has 0 aromatic heterocycles. The molecular weight excluding hydrogens is 385 g/mol. The zero-order valence-electron chi connectivity index (χ0n) is 15.4. The summed E-state index contributed by atoms with van der Waals surface area (Å²) in [6.45, 7) is 1.98. The maximum atomic E-state index is 12.9. The fraction of sp³-hybridized carbons (Fsp3) is 0.263. The van der Waals surface area contributed by atoms with Crippen LogP contribution in [0.4, 0.5) is 10.1 Å². The van der Waals surface area contributed by atoms with E-state index in [0.29, 0.717) is 12.2 Å². The summed E-state index contributed by atoms with van der Waals surface area (Å²) >= 11 is 0. The van der Waals surface area contributed by atoms with Gasteiger partial charge in [0.15, 0.2) is 0 Å². The molecule has 0 aliphatic rings. The van der Waals surface area contributed by atoms with Gasteiger partial charge in [-0.3, -0.25) is 9.59 Å². The fourth-order valence-corrected chi connectivity index (χ4v) is 3.40. The first kappa shape index (κ1) is 21.5. The lowest BCUT2D eigenvalue weighted by atomic mass is 10.2. The summed E-state index contributed by atoms with van der Waals surface area (Å²) in [5, 5.41) is 4.95. The number of sulfonamides is 1. The van der Waals surface area contributed by atoms with Crippen molar-refractivity contribution in [2.24, 2.45) is 0 Å². The molecule has 0 saturated carbocycles. The van der Waals surface area contributed by atoms with Crippen molar-refractivity contribution in [2.75, 3.05) is 18.4 Å². The van der Waals surface area contributed by atoms with Gasteiger partial charge in [-0.2, -0.15) is 0 Å². The van der Waals surface area contributed by atoms with Crippen molar-refractivity contribution < 1.29 is 22.4 Å². The van der Waals surface area contributed by atoms with Gasteiger partial charge in [0.1, 0.15) is 5.82 Å². The minimum atomic E-state index is -3.66. The van der Waals surface area contributed by atoms with Gasteiger partial charge in [-0.15, -0.1) is 0 Å². The molecule has 2 aromatic carbocycles. The lowest BCUT2D eigenvalue weighted by Crippen LogP contribution is -2.32. The van der Waals surface area contributed by atoms with E-state index < -0.39 is 27.7 Å². The quantitative estimate of drug-likeness (QED) is 0.555. The summed E-state index contributed by atoms with van der Waals surface area (Å²) in [6, 6.07) is 10.7. The average molecular weight is 407 g/mol. The highest BCUT2D eigenvalue weighted by atomic mass is 32.2. The third-order valence-corrected chi connectivity index (χ3v) is 5.23. The number of anilines is 1. The maximum absolute atomic E-state index is 12.9. The first-order chi connectivity index (χ1) is 13.3. The molecule has 0 bridgehead atoms. The molecule has 9 heteroatoms. The van der Waals surface area contributed by atoms with Crippen LogP contribution in [0.3, 0.4) is 0 Å². The molecule has 0 unspecified atom stereocenters. The summed E-state index contributed by atoms with van der Waals surface area (Å²) < 4.78 is 39.8.